The minimum absolute atomic E-state index is 0.0404. The summed E-state index contributed by atoms with van der Waals surface area (Å²) < 4.78 is 13.6. The normalized spacial score (nSPS) is 10.3. The first kappa shape index (κ1) is 13.1. The van der Waals surface area contributed by atoms with Crippen LogP contribution in [-0.2, 0) is 0 Å². The van der Waals surface area contributed by atoms with Crippen LogP contribution in [0.1, 0.15) is 21.5 Å². The molecule has 4 heteroatoms. The van der Waals surface area contributed by atoms with Gasteiger partial charge in [-0.1, -0.05) is 17.7 Å². The number of nitrogens with one attached hydrogen (secondary N) is 1. The van der Waals surface area contributed by atoms with E-state index in [1.807, 2.05) is 6.92 Å². The van der Waals surface area contributed by atoms with Crippen LogP contribution in [0.3, 0.4) is 0 Å². The van der Waals surface area contributed by atoms with Gasteiger partial charge < -0.3 is 10.4 Å². The second-order valence-corrected chi connectivity index (χ2v) is 4.46. The maximum absolute atomic E-state index is 13.6. The predicted octanol–water partition coefficient (Wildman–Crippen LogP) is 3.40. The standard InChI is InChI=1S/C15H14FNO2/c1-9-3-5-12(16)11(7-9)15(19)17-13-6-4-10(2)8-14(13)18/h3-8,18H,1-2H3,(H,17,19). The molecule has 2 rings (SSSR count). The highest BCUT2D eigenvalue weighted by atomic mass is 19.1. The van der Waals surface area contributed by atoms with Crippen LogP contribution in [0, 0.1) is 19.7 Å². The lowest BCUT2D eigenvalue weighted by atomic mass is 10.1. The summed E-state index contributed by atoms with van der Waals surface area (Å²) >= 11 is 0. The molecule has 0 radical (unpaired) electrons. The minimum Gasteiger partial charge on any atom is -0.506 e. The number of carbonyl (C=O) groups is 1. The monoisotopic (exact) mass is 259 g/mol. The molecular weight excluding hydrogens is 245 g/mol. The molecule has 1 amide bonds. The fourth-order valence-corrected chi connectivity index (χ4v) is 1.75. The molecule has 0 saturated carbocycles. The number of carbonyl (C=O) groups excluding carboxylic acids is 1. The summed E-state index contributed by atoms with van der Waals surface area (Å²) in [6.07, 6.45) is 0. The molecule has 19 heavy (non-hydrogen) atoms. The Morgan fingerprint density at radius 2 is 1.74 bits per heavy atom. The average molecular weight is 259 g/mol. The lowest BCUT2D eigenvalue weighted by Crippen LogP contribution is -2.14. The molecule has 0 unspecified atom stereocenters. The van der Waals surface area contributed by atoms with Crippen molar-refractivity contribution < 1.29 is 14.3 Å². The van der Waals surface area contributed by atoms with Gasteiger partial charge in [0.15, 0.2) is 0 Å². The quantitative estimate of drug-likeness (QED) is 0.812. The van der Waals surface area contributed by atoms with Crippen LogP contribution in [-0.4, -0.2) is 11.0 Å². The summed E-state index contributed by atoms with van der Waals surface area (Å²) in [5.41, 5.74) is 1.88. The number of hydrogen-bond donors (Lipinski definition) is 2. The molecule has 0 saturated heterocycles. The molecule has 0 spiro atoms. The van der Waals surface area contributed by atoms with E-state index in [1.165, 1.54) is 18.2 Å². The maximum atomic E-state index is 13.6. The van der Waals surface area contributed by atoms with E-state index in [2.05, 4.69) is 5.32 Å². The van der Waals surface area contributed by atoms with Crippen LogP contribution in [0.5, 0.6) is 5.75 Å². The predicted molar refractivity (Wildman–Crippen MR) is 71.9 cm³/mol. The van der Waals surface area contributed by atoms with Crippen molar-refractivity contribution in [2.75, 3.05) is 5.32 Å². The van der Waals surface area contributed by atoms with Gasteiger partial charge in [-0.25, -0.2) is 4.39 Å². The molecule has 2 aromatic carbocycles. The number of phenols is 1. The van der Waals surface area contributed by atoms with Gasteiger partial charge in [-0.2, -0.15) is 0 Å². The van der Waals surface area contributed by atoms with Gasteiger partial charge in [0.05, 0.1) is 11.3 Å². The Bertz CT molecular complexity index is 638. The Morgan fingerprint density at radius 1 is 1.11 bits per heavy atom. The molecule has 0 aliphatic heterocycles. The lowest BCUT2D eigenvalue weighted by molar-refractivity contribution is 0.102. The SMILES string of the molecule is Cc1ccc(NC(=O)c2cc(C)ccc2F)c(O)c1. The number of anilines is 1. The second kappa shape index (κ2) is 5.10. The molecule has 2 N–H and O–H groups in total. The number of halogens is 1. The van der Waals surface area contributed by atoms with Crippen molar-refractivity contribution >= 4 is 11.6 Å². The van der Waals surface area contributed by atoms with E-state index in [-0.39, 0.29) is 17.0 Å². The van der Waals surface area contributed by atoms with Crippen molar-refractivity contribution in [2.45, 2.75) is 13.8 Å². The van der Waals surface area contributed by atoms with Gasteiger partial charge in [0.2, 0.25) is 0 Å². The molecule has 0 aliphatic rings. The summed E-state index contributed by atoms with van der Waals surface area (Å²) in [4.78, 5) is 12.0. The Hall–Kier alpha value is -2.36. The fraction of sp³-hybridized carbons (Fsp3) is 0.133. The molecule has 0 heterocycles. The average Bonchev–Trinajstić information content (AvgIpc) is 2.35. The van der Waals surface area contributed by atoms with Gasteiger partial charge in [0, 0.05) is 0 Å². The van der Waals surface area contributed by atoms with Gasteiger partial charge >= 0.3 is 0 Å². The largest absolute Gasteiger partial charge is 0.506 e. The summed E-state index contributed by atoms with van der Waals surface area (Å²) in [5.74, 6) is -1.21. The number of phenolic OH excluding ortho intramolecular Hbond substituents is 1. The van der Waals surface area contributed by atoms with Crippen LogP contribution in [0.15, 0.2) is 36.4 Å². The van der Waals surface area contributed by atoms with Crippen molar-refractivity contribution in [1.29, 1.82) is 0 Å². The van der Waals surface area contributed by atoms with Crippen LogP contribution in [0.2, 0.25) is 0 Å². The van der Waals surface area contributed by atoms with Gasteiger partial charge in [-0.05, 0) is 43.7 Å². The number of aryl methyl sites for hydroxylation is 2. The molecule has 0 aliphatic carbocycles. The number of rotatable bonds is 2. The number of aromatic hydroxyl groups is 1. The van der Waals surface area contributed by atoms with E-state index in [1.54, 1.807) is 25.1 Å². The summed E-state index contributed by atoms with van der Waals surface area (Å²) in [5, 5.41) is 12.2. The van der Waals surface area contributed by atoms with E-state index in [9.17, 15) is 14.3 Å². The fourth-order valence-electron chi connectivity index (χ4n) is 1.75. The van der Waals surface area contributed by atoms with Gasteiger partial charge in [-0.15, -0.1) is 0 Å². The molecule has 2 aromatic rings. The Balaban J connectivity index is 2.28. The van der Waals surface area contributed by atoms with E-state index in [0.29, 0.717) is 0 Å². The zero-order valence-corrected chi connectivity index (χ0v) is 10.7. The van der Waals surface area contributed by atoms with E-state index in [4.69, 9.17) is 0 Å². The van der Waals surface area contributed by atoms with Crippen LogP contribution >= 0.6 is 0 Å². The van der Waals surface area contributed by atoms with Crippen LogP contribution in [0.4, 0.5) is 10.1 Å². The molecule has 0 aromatic heterocycles. The Kier molecular flexibility index (Phi) is 3.51. The van der Waals surface area contributed by atoms with Crippen molar-refractivity contribution in [1.82, 2.24) is 0 Å². The van der Waals surface area contributed by atoms with E-state index < -0.39 is 11.7 Å². The third kappa shape index (κ3) is 2.91. The highest BCUT2D eigenvalue weighted by Crippen LogP contribution is 2.24. The van der Waals surface area contributed by atoms with Gasteiger partial charge in [0.1, 0.15) is 11.6 Å². The topological polar surface area (TPSA) is 49.3 Å². The van der Waals surface area contributed by atoms with Crippen LogP contribution in [0.25, 0.3) is 0 Å². The smallest absolute Gasteiger partial charge is 0.258 e. The summed E-state index contributed by atoms with van der Waals surface area (Å²) in [6, 6.07) is 9.17. The van der Waals surface area contributed by atoms with Crippen molar-refractivity contribution in [3.63, 3.8) is 0 Å². The zero-order valence-electron chi connectivity index (χ0n) is 10.7. The van der Waals surface area contributed by atoms with Crippen molar-refractivity contribution in [2.24, 2.45) is 0 Å². The third-order valence-corrected chi connectivity index (χ3v) is 2.77. The summed E-state index contributed by atoms with van der Waals surface area (Å²) in [7, 11) is 0. The highest BCUT2D eigenvalue weighted by molar-refractivity contribution is 6.05. The second-order valence-electron chi connectivity index (χ2n) is 4.46. The van der Waals surface area contributed by atoms with Crippen molar-refractivity contribution in [3.05, 3.63) is 58.9 Å². The molecule has 0 bridgehead atoms. The zero-order chi connectivity index (χ0) is 14.0. The molecule has 98 valence electrons. The van der Waals surface area contributed by atoms with Crippen molar-refractivity contribution in [3.8, 4) is 5.75 Å². The first-order chi connectivity index (χ1) is 8.97. The molecule has 0 atom stereocenters. The van der Waals surface area contributed by atoms with Crippen LogP contribution < -0.4 is 5.32 Å². The molecule has 3 nitrogen and oxygen atoms in total. The molecular formula is C15H14FNO2. The van der Waals surface area contributed by atoms with E-state index in [0.717, 1.165) is 11.1 Å². The highest BCUT2D eigenvalue weighted by Gasteiger charge is 2.13. The maximum Gasteiger partial charge on any atom is 0.258 e. The van der Waals surface area contributed by atoms with E-state index >= 15 is 0 Å². The Morgan fingerprint density at radius 3 is 2.42 bits per heavy atom. The lowest BCUT2D eigenvalue weighted by Gasteiger charge is -2.09. The minimum atomic E-state index is -0.588. The number of hydrogen-bond acceptors (Lipinski definition) is 2. The first-order valence-corrected chi connectivity index (χ1v) is 5.84. The molecule has 0 fully saturated rings. The Labute approximate surface area is 110 Å². The number of benzene rings is 2. The van der Waals surface area contributed by atoms with Gasteiger partial charge in [0.25, 0.3) is 5.91 Å². The number of amides is 1. The third-order valence-electron chi connectivity index (χ3n) is 2.77. The summed E-state index contributed by atoms with van der Waals surface area (Å²) in [6.45, 7) is 3.60. The van der Waals surface area contributed by atoms with Gasteiger partial charge in [-0.3, -0.25) is 4.79 Å². The first-order valence-electron chi connectivity index (χ1n) is 5.84.